The van der Waals surface area contributed by atoms with Crippen molar-refractivity contribution in [3.63, 3.8) is 0 Å². The maximum absolute atomic E-state index is 12.7. The predicted octanol–water partition coefficient (Wildman–Crippen LogP) is 0.170. The first-order chi connectivity index (χ1) is 8.95. The van der Waals surface area contributed by atoms with E-state index >= 15 is 0 Å². The van der Waals surface area contributed by atoms with Crippen molar-refractivity contribution in [2.75, 3.05) is 20.1 Å². The summed E-state index contributed by atoms with van der Waals surface area (Å²) in [4.78, 5) is 34.1. The lowest BCUT2D eigenvalue weighted by molar-refractivity contribution is -0.203. The van der Waals surface area contributed by atoms with Gasteiger partial charge in [-0.25, -0.2) is 9.59 Å². The number of carbonyl (C=O) groups is 3. The zero-order valence-electron chi connectivity index (χ0n) is 11.2. The second kappa shape index (κ2) is 6.44. The highest BCUT2D eigenvalue weighted by Crippen LogP contribution is 2.30. The Morgan fingerprint density at radius 1 is 1.25 bits per heavy atom. The summed E-state index contributed by atoms with van der Waals surface area (Å²) in [5.41, 5.74) is -3.43. The van der Waals surface area contributed by atoms with Crippen LogP contribution in [0.5, 0.6) is 0 Å². The first kappa shape index (κ1) is 18.0. The summed E-state index contributed by atoms with van der Waals surface area (Å²) < 4.78 is 38.0. The van der Waals surface area contributed by atoms with E-state index in [0.29, 0.717) is 18.4 Å². The number of urea groups is 1. The normalized spacial score (nSPS) is 14.1. The maximum Gasteiger partial charge on any atom is 0.422 e. The molecule has 0 aliphatic carbocycles. The molecule has 0 radical (unpaired) electrons. The number of carboxylic acid groups (broad SMARTS) is 1. The van der Waals surface area contributed by atoms with Gasteiger partial charge in [-0.1, -0.05) is 0 Å². The fourth-order valence-corrected chi connectivity index (χ4v) is 1.10. The number of likely N-dealkylation sites (N-methyl/N-ethyl adjacent to an activating group) is 2. The second-order valence-electron chi connectivity index (χ2n) is 4.17. The third-order valence-corrected chi connectivity index (χ3v) is 2.45. The van der Waals surface area contributed by atoms with Crippen molar-refractivity contribution in [2.45, 2.75) is 25.6 Å². The maximum atomic E-state index is 12.7. The summed E-state index contributed by atoms with van der Waals surface area (Å²) in [5, 5.41) is 12.3. The van der Waals surface area contributed by atoms with Crippen LogP contribution in [0.1, 0.15) is 13.8 Å². The quantitative estimate of drug-likeness (QED) is 0.674. The van der Waals surface area contributed by atoms with Crippen LogP contribution >= 0.6 is 0 Å². The number of hydrogen-bond donors (Lipinski definition) is 3. The smallest absolute Gasteiger partial charge is 0.422 e. The van der Waals surface area contributed by atoms with Gasteiger partial charge in [0.05, 0.1) is 0 Å². The van der Waals surface area contributed by atoms with E-state index in [1.165, 1.54) is 5.32 Å². The minimum absolute atomic E-state index is 0.295. The Bertz CT molecular complexity index is 400. The molecule has 0 aromatic carbocycles. The summed E-state index contributed by atoms with van der Waals surface area (Å²) in [7, 11) is 1.07. The third kappa shape index (κ3) is 4.28. The Balaban J connectivity index is 4.87. The Morgan fingerprint density at radius 3 is 2.10 bits per heavy atom. The highest BCUT2D eigenvalue weighted by atomic mass is 19.4. The van der Waals surface area contributed by atoms with Crippen LogP contribution < -0.4 is 10.6 Å². The number of aliphatic carboxylic acids is 1. The van der Waals surface area contributed by atoms with Crippen molar-refractivity contribution >= 4 is 17.9 Å². The van der Waals surface area contributed by atoms with Crippen LogP contribution in [0.15, 0.2) is 0 Å². The summed E-state index contributed by atoms with van der Waals surface area (Å²) in [6.07, 6.45) is -5.18. The molecule has 0 saturated carbocycles. The molecule has 1 atom stereocenters. The Labute approximate surface area is 113 Å². The SMILES string of the molecule is CCNC(=O)CN(C)C(=O)NC(C)(C(=O)O)C(F)(F)F. The van der Waals surface area contributed by atoms with Gasteiger partial charge in [-0.05, 0) is 13.8 Å². The van der Waals surface area contributed by atoms with Gasteiger partial charge in [0.25, 0.3) is 0 Å². The number of halogens is 3. The van der Waals surface area contributed by atoms with Crippen LogP contribution in [0.2, 0.25) is 0 Å². The topological polar surface area (TPSA) is 98.7 Å². The van der Waals surface area contributed by atoms with Crippen molar-refractivity contribution in [2.24, 2.45) is 0 Å². The number of alkyl halides is 3. The molecule has 10 heteroatoms. The van der Waals surface area contributed by atoms with Crippen LogP contribution in [0, 0.1) is 0 Å². The molecule has 116 valence electrons. The van der Waals surface area contributed by atoms with E-state index in [1.54, 1.807) is 6.92 Å². The first-order valence-corrected chi connectivity index (χ1v) is 5.55. The molecule has 0 fully saturated rings. The molecule has 0 saturated heterocycles. The highest BCUT2D eigenvalue weighted by Gasteiger charge is 2.58. The van der Waals surface area contributed by atoms with E-state index < -0.39 is 36.2 Å². The van der Waals surface area contributed by atoms with E-state index in [1.807, 2.05) is 0 Å². The molecule has 0 aliphatic heterocycles. The van der Waals surface area contributed by atoms with Gasteiger partial charge in [-0.2, -0.15) is 13.2 Å². The van der Waals surface area contributed by atoms with Crippen LogP contribution in [0.3, 0.4) is 0 Å². The fraction of sp³-hybridized carbons (Fsp3) is 0.700. The molecule has 0 bridgehead atoms. The van der Waals surface area contributed by atoms with E-state index in [2.05, 4.69) is 5.32 Å². The number of hydrogen-bond acceptors (Lipinski definition) is 3. The molecular formula is C10H16F3N3O4. The van der Waals surface area contributed by atoms with Crippen molar-refractivity contribution < 1.29 is 32.7 Å². The van der Waals surface area contributed by atoms with E-state index in [-0.39, 0.29) is 0 Å². The molecule has 0 spiro atoms. The van der Waals surface area contributed by atoms with Gasteiger partial charge in [0.15, 0.2) is 0 Å². The first-order valence-electron chi connectivity index (χ1n) is 5.55. The monoisotopic (exact) mass is 299 g/mol. The minimum Gasteiger partial charge on any atom is -0.479 e. The van der Waals surface area contributed by atoms with Gasteiger partial charge < -0.3 is 20.6 Å². The minimum atomic E-state index is -5.18. The van der Waals surface area contributed by atoms with Gasteiger partial charge in [0.1, 0.15) is 6.54 Å². The van der Waals surface area contributed by atoms with E-state index in [4.69, 9.17) is 5.11 Å². The van der Waals surface area contributed by atoms with Gasteiger partial charge in [0, 0.05) is 13.6 Å². The van der Waals surface area contributed by atoms with E-state index in [0.717, 1.165) is 7.05 Å². The van der Waals surface area contributed by atoms with Crippen molar-refractivity contribution in [1.29, 1.82) is 0 Å². The molecular weight excluding hydrogens is 283 g/mol. The fourth-order valence-electron chi connectivity index (χ4n) is 1.10. The van der Waals surface area contributed by atoms with Crippen molar-refractivity contribution in [3.8, 4) is 0 Å². The van der Waals surface area contributed by atoms with Crippen molar-refractivity contribution in [3.05, 3.63) is 0 Å². The van der Waals surface area contributed by atoms with Crippen LogP contribution in [-0.2, 0) is 9.59 Å². The van der Waals surface area contributed by atoms with Gasteiger partial charge in [-0.15, -0.1) is 0 Å². The molecule has 3 N–H and O–H groups in total. The molecule has 0 aromatic heterocycles. The zero-order chi connectivity index (χ0) is 16.1. The average molecular weight is 299 g/mol. The molecule has 1 unspecified atom stereocenters. The molecule has 0 aromatic rings. The lowest BCUT2D eigenvalue weighted by Gasteiger charge is -2.30. The average Bonchev–Trinajstić information content (AvgIpc) is 2.26. The lowest BCUT2D eigenvalue weighted by Crippen LogP contribution is -2.64. The molecule has 0 heterocycles. The van der Waals surface area contributed by atoms with Crippen molar-refractivity contribution in [1.82, 2.24) is 15.5 Å². The van der Waals surface area contributed by atoms with Gasteiger partial charge in [-0.3, -0.25) is 4.79 Å². The third-order valence-electron chi connectivity index (χ3n) is 2.45. The predicted molar refractivity (Wildman–Crippen MR) is 61.9 cm³/mol. The standard InChI is InChI=1S/C10H16F3N3O4/c1-4-14-6(17)5-16(3)8(20)15-9(2,7(18)19)10(11,12)13/h4-5H2,1-3H3,(H,14,17)(H,15,20)(H,18,19). The summed E-state index contributed by atoms with van der Waals surface area (Å²) in [6, 6.07) is -1.32. The van der Waals surface area contributed by atoms with Crippen LogP contribution in [-0.4, -0.2) is 59.8 Å². The Hall–Kier alpha value is -2.00. The molecule has 0 rings (SSSR count). The highest BCUT2D eigenvalue weighted by molar-refractivity contribution is 5.89. The van der Waals surface area contributed by atoms with E-state index in [9.17, 15) is 27.6 Å². The van der Waals surface area contributed by atoms with Gasteiger partial charge >= 0.3 is 18.2 Å². The summed E-state index contributed by atoms with van der Waals surface area (Å²) in [6.45, 7) is 1.76. The molecule has 0 aliphatic rings. The Morgan fingerprint density at radius 2 is 1.75 bits per heavy atom. The summed E-state index contributed by atoms with van der Waals surface area (Å²) in [5.74, 6) is -2.82. The molecule has 3 amide bonds. The van der Waals surface area contributed by atoms with Crippen LogP contribution in [0.25, 0.3) is 0 Å². The molecule has 20 heavy (non-hydrogen) atoms. The second-order valence-corrected chi connectivity index (χ2v) is 4.17. The van der Waals surface area contributed by atoms with Crippen LogP contribution in [0.4, 0.5) is 18.0 Å². The number of amides is 3. The number of carboxylic acids is 1. The number of rotatable bonds is 5. The molecule has 7 nitrogen and oxygen atoms in total. The van der Waals surface area contributed by atoms with Gasteiger partial charge in [0.2, 0.25) is 11.4 Å². The zero-order valence-corrected chi connectivity index (χ0v) is 11.2. The number of carbonyl (C=O) groups excluding carboxylic acids is 2. The number of nitrogens with zero attached hydrogens (tertiary/aromatic N) is 1. The lowest BCUT2D eigenvalue weighted by atomic mass is 10.0. The Kier molecular flexibility index (Phi) is 5.79. The summed E-state index contributed by atoms with van der Waals surface area (Å²) >= 11 is 0. The largest absolute Gasteiger partial charge is 0.479 e. The number of nitrogens with one attached hydrogen (secondary N) is 2.